The molecule has 0 bridgehead atoms. The highest BCUT2D eigenvalue weighted by Gasteiger charge is 2.43. The molecule has 2 heterocycles. The van der Waals surface area contributed by atoms with Crippen LogP contribution in [0.2, 0.25) is 0 Å². The Hall–Kier alpha value is -3.14. The van der Waals surface area contributed by atoms with Gasteiger partial charge in [0.25, 0.3) is 0 Å². The molecule has 2 aliphatic carbocycles. The molecular weight excluding hydrogens is 451 g/mol. The average molecular weight is 485 g/mol. The van der Waals surface area contributed by atoms with Gasteiger partial charge in [0, 0.05) is 42.0 Å². The van der Waals surface area contributed by atoms with Crippen LogP contribution >= 0.6 is 0 Å². The number of fused-ring (bicyclic) bond motifs is 1. The van der Waals surface area contributed by atoms with Gasteiger partial charge < -0.3 is 19.7 Å². The Morgan fingerprint density at radius 1 is 1.09 bits per heavy atom. The monoisotopic (exact) mass is 484 g/mol. The number of amides is 2. The zero-order valence-electron chi connectivity index (χ0n) is 20.8. The molecule has 188 valence electrons. The van der Waals surface area contributed by atoms with Crippen LogP contribution in [0.15, 0.2) is 18.3 Å². The number of benzene rings is 1. The summed E-state index contributed by atoms with van der Waals surface area (Å²) in [6, 6.07) is 3.66. The summed E-state index contributed by atoms with van der Waals surface area (Å²) in [6.07, 6.45) is 7.91. The minimum Gasteiger partial charge on any atom is -0.497 e. The molecule has 2 amide bonds. The first-order valence-corrected chi connectivity index (χ1v) is 12.2. The molecule has 2 saturated carbocycles. The molecule has 0 radical (unpaired) electrons. The smallest absolute Gasteiger partial charge is 0.330 e. The van der Waals surface area contributed by atoms with Crippen molar-refractivity contribution < 1.29 is 18.7 Å². The normalized spacial score (nSPS) is 22.3. The Balaban J connectivity index is 1.42. The summed E-state index contributed by atoms with van der Waals surface area (Å²) in [4.78, 5) is 28.4. The van der Waals surface area contributed by atoms with Gasteiger partial charge in [0.15, 0.2) is 11.6 Å². The highest BCUT2D eigenvalue weighted by atomic mass is 19.1. The van der Waals surface area contributed by atoms with Crippen molar-refractivity contribution in [2.75, 3.05) is 43.4 Å². The van der Waals surface area contributed by atoms with E-state index in [1.807, 2.05) is 0 Å². The first kappa shape index (κ1) is 23.6. The number of carbonyl (C=O) groups is 1. The molecule has 0 unspecified atom stereocenters. The molecule has 9 nitrogen and oxygen atoms in total. The number of carbonyl (C=O) groups excluding carboxylic acids is 1. The fraction of sp³-hybridized carbons (Fsp3) is 0.560. The van der Waals surface area contributed by atoms with Crippen molar-refractivity contribution in [2.24, 2.45) is 0 Å². The quantitative estimate of drug-likeness (QED) is 0.635. The van der Waals surface area contributed by atoms with Gasteiger partial charge in [-0.2, -0.15) is 4.98 Å². The van der Waals surface area contributed by atoms with Crippen LogP contribution in [0.5, 0.6) is 11.5 Å². The standard InChI is InChI=1S/C25H33FN6O3/c1-30(2)17-7-5-16(6-8-17)28-24-27-13-15-14-31(25(33)32(18-9-10-18)23(15)29-24)20-11-19(34-3)12-21(35-4)22(20)26/h11-13,16-18H,5-10,14H2,1-4H3,(H,27,28,29). The number of halogens is 1. The fourth-order valence-electron chi connectivity index (χ4n) is 5.04. The van der Waals surface area contributed by atoms with E-state index in [9.17, 15) is 4.79 Å². The maximum atomic E-state index is 15.2. The van der Waals surface area contributed by atoms with Gasteiger partial charge in [-0.05, 0) is 52.6 Å². The Labute approximate surface area is 205 Å². The molecular formula is C25H33FN6O3. The van der Waals surface area contributed by atoms with Crippen molar-refractivity contribution >= 4 is 23.5 Å². The number of rotatable bonds is 7. The topological polar surface area (TPSA) is 83.1 Å². The molecule has 10 heteroatoms. The van der Waals surface area contributed by atoms with Crippen LogP contribution in [0.1, 0.15) is 44.1 Å². The second-order valence-electron chi connectivity index (χ2n) is 9.79. The number of nitrogens with zero attached hydrogens (tertiary/aromatic N) is 5. The zero-order chi connectivity index (χ0) is 24.7. The van der Waals surface area contributed by atoms with Gasteiger partial charge in [0.1, 0.15) is 11.6 Å². The van der Waals surface area contributed by atoms with Crippen molar-refractivity contribution in [2.45, 2.75) is 63.2 Å². The third kappa shape index (κ3) is 4.59. The number of nitrogens with one attached hydrogen (secondary N) is 1. The number of aromatic nitrogens is 2. The van der Waals surface area contributed by atoms with E-state index >= 15 is 4.39 Å². The van der Waals surface area contributed by atoms with Crippen molar-refractivity contribution in [3.8, 4) is 11.5 Å². The minimum absolute atomic E-state index is 0.0238. The van der Waals surface area contributed by atoms with Crippen LogP contribution in [0.4, 0.5) is 26.6 Å². The van der Waals surface area contributed by atoms with Gasteiger partial charge in [0.2, 0.25) is 5.95 Å². The molecule has 1 aliphatic heterocycles. The van der Waals surface area contributed by atoms with Gasteiger partial charge in [-0.25, -0.2) is 14.2 Å². The van der Waals surface area contributed by atoms with E-state index in [1.54, 1.807) is 11.1 Å². The summed E-state index contributed by atoms with van der Waals surface area (Å²) in [5.41, 5.74) is 0.891. The lowest BCUT2D eigenvalue weighted by Crippen LogP contribution is -2.49. The summed E-state index contributed by atoms with van der Waals surface area (Å²) in [5.74, 6) is 0.986. The van der Waals surface area contributed by atoms with Crippen molar-refractivity contribution in [1.82, 2.24) is 14.9 Å². The van der Waals surface area contributed by atoms with Crippen molar-refractivity contribution in [1.29, 1.82) is 0 Å². The fourth-order valence-corrected chi connectivity index (χ4v) is 5.04. The van der Waals surface area contributed by atoms with Crippen LogP contribution in [-0.2, 0) is 6.54 Å². The van der Waals surface area contributed by atoms with Crippen LogP contribution in [0.3, 0.4) is 0 Å². The number of urea groups is 1. The largest absolute Gasteiger partial charge is 0.497 e. The number of ether oxygens (including phenoxy) is 2. The Kier molecular flexibility index (Phi) is 6.39. The molecule has 2 fully saturated rings. The van der Waals surface area contributed by atoms with Gasteiger partial charge in [-0.15, -0.1) is 0 Å². The van der Waals surface area contributed by atoms with Gasteiger partial charge in [-0.3, -0.25) is 9.80 Å². The van der Waals surface area contributed by atoms with Crippen LogP contribution in [-0.4, -0.2) is 67.3 Å². The summed E-state index contributed by atoms with van der Waals surface area (Å²) < 4.78 is 25.7. The second kappa shape index (κ2) is 9.49. The lowest BCUT2D eigenvalue weighted by atomic mass is 9.91. The molecule has 35 heavy (non-hydrogen) atoms. The number of anilines is 3. The molecule has 0 saturated heterocycles. The average Bonchev–Trinajstić information content (AvgIpc) is 3.69. The van der Waals surface area contributed by atoms with E-state index < -0.39 is 5.82 Å². The molecule has 3 aliphatic rings. The summed E-state index contributed by atoms with van der Waals surface area (Å²) in [6.45, 7) is 0.166. The highest BCUT2D eigenvalue weighted by Crippen LogP contribution is 2.41. The first-order chi connectivity index (χ1) is 16.9. The lowest BCUT2D eigenvalue weighted by molar-refractivity contribution is 0.221. The minimum atomic E-state index is -0.603. The third-order valence-electron chi connectivity index (χ3n) is 7.25. The van der Waals surface area contributed by atoms with Gasteiger partial charge >= 0.3 is 6.03 Å². The maximum absolute atomic E-state index is 15.2. The van der Waals surface area contributed by atoms with E-state index in [0.717, 1.165) is 44.1 Å². The molecule has 1 aromatic carbocycles. The van der Waals surface area contributed by atoms with Crippen molar-refractivity contribution in [3.63, 3.8) is 0 Å². The Morgan fingerprint density at radius 2 is 1.83 bits per heavy atom. The van der Waals surface area contributed by atoms with E-state index in [1.165, 1.54) is 31.3 Å². The Bertz CT molecular complexity index is 1100. The molecule has 2 aromatic rings. The summed E-state index contributed by atoms with van der Waals surface area (Å²) in [7, 11) is 7.15. The van der Waals surface area contributed by atoms with Gasteiger partial charge in [0.05, 0.1) is 26.5 Å². The summed E-state index contributed by atoms with van der Waals surface area (Å²) >= 11 is 0. The lowest BCUT2D eigenvalue weighted by Gasteiger charge is -2.37. The van der Waals surface area contributed by atoms with E-state index in [-0.39, 0.29) is 30.1 Å². The molecule has 0 spiro atoms. The number of hydrogen-bond acceptors (Lipinski definition) is 7. The Morgan fingerprint density at radius 3 is 2.46 bits per heavy atom. The third-order valence-corrected chi connectivity index (χ3v) is 7.25. The second-order valence-corrected chi connectivity index (χ2v) is 9.79. The van der Waals surface area contributed by atoms with Crippen LogP contribution in [0.25, 0.3) is 0 Å². The summed E-state index contributed by atoms with van der Waals surface area (Å²) in [5, 5.41) is 3.48. The van der Waals surface area contributed by atoms with Crippen LogP contribution < -0.4 is 24.6 Å². The highest BCUT2D eigenvalue weighted by molar-refractivity contribution is 6.06. The number of methoxy groups -OCH3 is 2. The number of hydrogen-bond donors (Lipinski definition) is 1. The maximum Gasteiger partial charge on any atom is 0.330 e. The first-order valence-electron chi connectivity index (χ1n) is 12.2. The molecule has 1 aromatic heterocycles. The van der Waals surface area contributed by atoms with Crippen molar-refractivity contribution in [3.05, 3.63) is 29.7 Å². The van der Waals surface area contributed by atoms with E-state index in [0.29, 0.717) is 29.6 Å². The van der Waals surface area contributed by atoms with E-state index in [4.69, 9.17) is 14.5 Å². The molecule has 5 rings (SSSR count). The zero-order valence-corrected chi connectivity index (χ0v) is 20.8. The molecule has 0 atom stereocenters. The van der Waals surface area contributed by atoms with Crippen LogP contribution in [0, 0.1) is 5.82 Å². The molecule has 1 N–H and O–H groups in total. The van der Waals surface area contributed by atoms with E-state index in [2.05, 4.69) is 29.3 Å². The SMILES string of the molecule is COc1cc(OC)c(F)c(N2Cc3cnc(NC4CCC(N(C)C)CC4)nc3N(C3CC3)C2=O)c1. The van der Waals surface area contributed by atoms with Gasteiger partial charge in [-0.1, -0.05) is 0 Å². The predicted octanol–water partition coefficient (Wildman–Crippen LogP) is 4.03. The predicted molar refractivity (Wildman–Crippen MR) is 132 cm³/mol.